The van der Waals surface area contributed by atoms with Crippen LogP contribution < -0.4 is 5.32 Å². The molecule has 0 radical (unpaired) electrons. The van der Waals surface area contributed by atoms with Crippen LogP contribution in [0.5, 0.6) is 0 Å². The van der Waals surface area contributed by atoms with Crippen LogP contribution in [0.25, 0.3) is 11.3 Å². The lowest BCUT2D eigenvalue weighted by Gasteiger charge is -2.09. The number of nitrogens with zero attached hydrogens (tertiary/aromatic N) is 4. The van der Waals surface area contributed by atoms with Gasteiger partial charge in [-0.15, -0.1) is 0 Å². The van der Waals surface area contributed by atoms with Crippen LogP contribution in [0.3, 0.4) is 0 Å². The van der Waals surface area contributed by atoms with Gasteiger partial charge in [0.15, 0.2) is 0 Å². The largest absolute Gasteiger partial charge is 0.416 e. The van der Waals surface area contributed by atoms with E-state index in [1.807, 2.05) is 0 Å². The van der Waals surface area contributed by atoms with Gasteiger partial charge >= 0.3 is 6.18 Å². The third kappa shape index (κ3) is 3.94. The molecule has 25 heavy (non-hydrogen) atoms. The Kier molecular flexibility index (Phi) is 4.38. The average Bonchev–Trinajstić information content (AvgIpc) is 2.62. The number of benzene rings is 1. The summed E-state index contributed by atoms with van der Waals surface area (Å²) in [7, 11) is 0. The molecule has 0 aliphatic rings. The Morgan fingerprint density at radius 3 is 2.48 bits per heavy atom. The normalized spacial score (nSPS) is 11.2. The Hall–Kier alpha value is -3.36. The fourth-order valence-electron chi connectivity index (χ4n) is 2.05. The number of amides is 1. The van der Waals surface area contributed by atoms with Gasteiger partial charge in [-0.3, -0.25) is 4.79 Å². The summed E-state index contributed by atoms with van der Waals surface area (Å²) in [5.74, 6) is -0.551. The number of nitrogens with one attached hydrogen (secondary N) is 1. The topological polar surface area (TPSA) is 80.7 Å². The van der Waals surface area contributed by atoms with Crippen LogP contribution >= 0.6 is 0 Å². The second-order valence-corrected chi connectivity index (χ2v) is 4.95. The first-order chi connectivity index (χ1) is 11.9. The smallest absolute Gasteiger partial charge is 0.318 e. The van der Waals surface area contributed by atoms with Crippen molar-refractivity contribution in [1.29, 1.82) is 0 Å². The molecule has 2 heterocycles. The SMILES string of the molecule is O=C(Nc1cncnc1)c1cc(-c2cccc(C(F)(F)F)c2)ncn1. The highest BCUT2D eigenvalue weighted by atomic mass is 19.4. The molecule has 0 aliphatic carbocycles. The molecule has 0 fully saturated rings. The minimum absolute atomic E-state index is 0.00580. The zero-order valence-electron chi connectivity index (χ0n) is 12.5. The lowest BCUT2D eigenvalue weighted by molar-refractivity contribution is -0.137. The lowest BCUT2D eigenvalue weighted by Crippen LogP contribution is -2.14. The number of carbonyl (C=O) groups excluding carboxylic acids is 1. The molecule has 6 nitrogen and oxygen atoms in total. The molecule has 9 heteroatoms. The van der Waals surface area contributed by atoms with Gasteiger partial charge in [0.2, 0.25) is 0 Å². The first-order valence-corrected chi connectivity index (χ1v) is 6.99. The van der Waals surface area contributed by atoms with E-state index in [1.165, 1.54) is 36.9 Å². The maximum atomic E-state index is 12.8. The molecule has 0 saturated heterocycles. The molecule has 1 amide bonds. The third-order valence-corrected chi connectivity index (χ3v) is 3.20. The minimum atomic E-state index is -4.46. The highest BCUT2D eigenvalue weighted by Crippen LogP contribution is 2.31. The Morgan fingerprint density at radius 2 is 1.76 bits per heavy atom. The number of halogens is 3. The number of hydrogen-bond donors (Lipinski definition) is 1. The van der Waals surface area contributed by atoms with Crippen LogP contribution in [0.15, 0.2) is 55.4 Å². The van der Waals surface area contributed by atoms with E-state index in [4.69, 9.17) is 0 Å². The van der Waals surface area contributed by atoms with Crippen molar-refractivity contribution in [2.75, 3.05) is 5.32 Å². The van der Waals surface area contributed by atoms with Gasteiger partial charge in [0, 0.05) is 5.56 Å². The molecule has 0 saturated carbocycles. The summed E-state index contributed by atoms with van der Waals surface area (Å²) in [6.45, 7) is 0. The van der Waals surface area contributed by atoms with E-state index >= 15 is 0 Å². The Morgan fingerprint density at radius 1 is 1.00 bits per heavy atom. The zero-order chi connectivity index (χ0) is 17.9. The Bertz CT molecular complexity index is 900. The summed E-state index contributed by atoms with van der Waals surface area (Å²) in [4.78, 5) is 27.5. The maximum absolute atomic E-state index is 12.8. The number of anilines is 1. The van der Waals surface area contributed by atoms with E-state index < -0.39 is 17.6 Å². The molecule has 0 spiro atoms. The summed E-state index contributed by atoms with van der Waals surface area (Å²) < 4.78 is 38.5. The molecular weight excluding hydrogens is 335 g/mol. The van der Waals surface area contributed by atoms with Gasteiger partial charge in [0.05, 0.1) is 29.3 Å². The van der Waals surface area contributed by atoms with Crippen molar-refractivity contribution in [3.8, 4) is 11.3 Å². The first-order valence-electron chi connectivity index (χ1n) is 6.99. The molecule has 126 valence electrons. The van der Waals surface area contributed by atoms with Crippen molar-refractivity contribution in [3.05, 3.63) is 66.6 Å². The van der Waals surface area contributed by atoms with E-state index in [0.29, 0.717) is 5.69 Å². The molecule has 2 aromatic heterocycles. The minimum Gasteiger partial charge on any atom is -0.318 e. The summed E-state index contributed by atoms with van der Waals surface area (Å²) >= 11 is 0. The fourth-order valence-corrected chi connectivity index (χ4v) is 2.05. The molecule has 0 bridgehead atoms. The van der Waals surface area contributed by atoms with Crippen LogP contribution in [-0.2, 0) is 6.18 Å². The van der Waals surface area contributed by atoms with E-state index in [-0.39, 0.29) is 17.0 Å². The number of aromatic nitrogens is 4. The van der Waals surface area contributed by atoms with Gasteiger partial charge in [-0.2, -0.15) is 13.2 Å². The molecule has 3 aromatic rings. The highest BCUT2D eigenvalue weighted by Gasteiger charge is 2.30. The first kappa shape index (κ1) is 16.5. The van der Waals surface area contributed by atoms with Crippen molar-refractivity contribution in [2.24, 2.45) is 0 Å². The quantitative estimate of drug-likeness (QED) is 0.788. The number of hydrogen-bond acceptors (Lipinski definition) is 5. The second-order valence-electron chi connectivity index (χ2n) is 4.95. The van der Waals surface area contributed by atoms with E-state index in [0.717, 1.165) is 18.5 Å². The average molecular weight is 345 g/mol. The molecular formula is C16H10F3N5O. The van der Waals surface area contributed by atoms with Crippen LogP contribution in [0.1, 0.15) is 16.1 Å². The summed E-state index contributed by atoms with van der Waals surface area (Å²) in [6.07, 6.45) is 0.772. The summed E-state index contributed by atoms with van der Waals surface area (Å²) in [5.41, 5.74) is 0.0129. The maximum Gasteiger partial charge on any atom is 0.416 e. The third-order valence-electron chi connectivity index (χ3n) is 3.20. The van der Waals surface area contributed by atoms with Crippen LogP contribution in [0, 0.1) is 0 Å². The van der Waals surface area contributed by atoms with Crippen molar-refractivity contribution < 1.29 is 18.0 Å². The van der Waals surface area contributed by atoms with Crippen molar-refractivity contribution >= 4 is 11.6 Å². The van der Waals surface area contributed by atoms with Gasteiger partial charge in [-0.05, 0) is 18.2 Å². The molecule has 0 atom stereocenters. The van der Waals surface area contributed by atoms with E-state index in [2.05, 4.69) is 25.3 Å². The van der Waals surface area contributed by atoms with Gasteiger partial charge in [0.25, 0.3) is 5.91 Å². The zero-order valence-corrected chi connectivity index (χ0v) is 12.5. The van der Waals surface area contributed by atoms with Crippen molar-refractivity contribution in [2.45, 2.75) is 6.18 Å². The van der Waals surface area contributed by atoms with E-state index in [1.54, 1.807) is 0 Å². The number of carbonyl (C=O) groups is 1. The van der Waals surface area contributed by atoms with Gasteiger partial charge < -0.3 is 5.32 Å². The Balaban J connectivity index is 1.88. The predicted octanol–water partition coefficient (Wildman–Crippen LogP) is 3.20. The molecule has 0 unspecified atom stereocenters. The van der Waals surface area contributed by atoms with Crippen LogP contribution in [0.4, 0.5) is 18.9 Å². The number of alkyl halides is 3. The highest BCUT2D eigenvalue weighted by molar-refractivity contribution is 6.03. The standard InChI is InChI=1S/C16H10F3N5O/c17-16(18,19)11-3-1-2-10(4-11)13-5-14(23-9-22-13)15(25)24-12-6-20-8-21-7-12/h1-9H,(H,24,25). The van der Waals surface area contributed by atoms with E-state index in [9.17, 15) is 18.0 Å². The van der Waals surface area contributed by atoms with Gasteiger partial charge in [0.1, 0.15) is 18.3 Å². The van der Waals surface area contributed by atoms with Gasteiger partial charge in [-0.25, -0.2) is 19.9 Å². The lowest BCUT2D eigenvalue weighted by atomic mass is 10.1. The van der Waals surface area contributed by atoms with Crippen LogP contribution in [-0.4, -0.2) is 25.8 Å². The fraction of sp³-hybridized carbons (Fsp3) is 0.0625. The molecule has 1 N–H and O–H groups in total. The summed E-state index contributed by atoms with van der Waals surface area (Å²) in [5, 5.41) is 2.54. The second kappa shape index (κ2) is 6.63. The number of rotatable bonds is 3. The molecule has 3 rings (SSSR count). The summed E-state index contributed by atoms with van der Waals surface area (Å²) in [6, 6.07) is 6.00. The monoisotopic (exact) mass is 345 g/mol. The Labute approximate surface area is 139 Å². The van der Waals surface area contributed by atoms with Crippen molar-refractivity contribution in [3.63, 3.8) is 0 Å². The predicted molar refractivity (Wildman–Crippen MR) is 82.5 cm³/mol. The van der Waals surface area contributed by atoms with Crippen molar-refractivity contribution in [1.82, 2.24) is 19.9 Å². The molecule has 1 aromatic carbocycles. The molecule has 0 aliphatic heterocycles. The van der Waals surface area contributed by atoms with Crippen LogP contribution in [0.2, 0.25) is 0 Å². The van der Waals surface area contributed by atoms with Gasteiger partial charge in [-0.1, -0.05) is 12.1 Å².